The fourth-order valence-corrected chi connectivity index (χ4v) is 11.1. The van der Waals surface area contributed by atoms with Crippen molar-refractivity contribution in [3.63, 3.8) is 0 Å². The zero-order valence-corrected chi connectivity index (χ0v) is 45.9. The molecule has 4 heterocycles. The maximum Gasteiger partial charge on any atom is 0.121 e. The van der Waals surface area contributed by atoms with Crippen LogP contribution in [0.4, 0.5) is 0 Å². The molecule has 70 heavy (non-hydrogen) atoms. The molecule has 10 rings (SSSR count). The predicted molar refractivity (Wildman–Crippen MR) is 294 cm³/mol. The standard InChI is InChI=1S/C47H44N3O.C16H20NSi.Ir/c1-28(2)38-23-30(5)24-39(29(3)4)44(38)50-41-26-43(47(6,7)8)48-27-40(41)49-46(50)37-16-12-15-36-35-22-21-34(25-42(35)51-45(36)37)33-19-17-32(18-20-33)31-13-10-9-11-14-31;1-12-6-8-14(9-7-12)15-10-13(2)16(11-17-15)18(3,4)5;/h9-15,17-29H,1-8H3;6-8,10-11H,1-5H3;/q2*-1;/i;1D3;. The van der Waals surface area contributed by atoms with E-state index in [9.17, 15) is 0 Å². The second-order valence-corrected chi connectivity index (χ2v) is 26.2. The predicted octanol–water partition coefficient (Wildman–Crippen LogP) is 16.7. The van der Waals surface area contributed by atoms with Gasteiger partial charge in [0.25, 0.3) is 0 Å². The Kier molecular flexibility index (Phi) is 13.1. The van der Waals surface area contributed by atoms with Crippen molar-refractivity contribution in [2.75, 3.05) is 0 Å². The van der Waals surface area contributed by atoms with E-state index < -0.39 is 14.9 Å². The van der Waals surface area contributed by atoms with Crippen molar-refractivity contribution in [1.82, 2.24) is 19.5 Å². The zero-order chi connectivity index (χ0) is 51.4. The molecule has 5 nitrogen and oxygen atoms in total. The first-order chi connectivity index (χ1) is 34.1. The van der Waals surface area contributed by atoms with E-state index in [1.54, 1.807) is 12.1 Å². The van der Waals surface area contributed by atoms with Gasteiger partial charge in [-0.3, -0.25) is 9.97 Å². The molecule has 1 radical (unpaired) electrons. The fraction of sp³-hybridized carbons (Fsp3) is 0.254. The van der Waals surface area contributed by atoms with Gasteiger partial charge in [-0.25, -0.2) is 0 Å². The number of hydrogen-bond donors (Lipinski definition) is 0. The molecule has 0 bridgehead atoms. The second-order valence-electron chi connectivity index (χ2n) is 21.2. The molecule has 0 saturated carbocycles. The maximum atomic E-state index is 7.38. The van der Waals surface area contributed by atoms with Gasteiger partial charge >= 0.3 is 0 Å². The first kappa shape index (κ1) is 46.2. The Morgan fingerprint density at radius 1 is 0.686 bits per heavy atom. The molecule has 0 N–H and O–H groups in total. The Balaban J connectivity index is 0.000000272. The molecule has 0 aliphatic carbocycles. The summed E-state index contributed by atoms with van der Waals surface area (Å²) in [6, 6.07) is 50.4. The van der Waals surface area contributed by atoms with Gasteiger partial charge in [-0.15, -0.1) is 53.6 Å². The van der Waals surface area contributed by atoms with Crippen molar-refractivity contribution in [2.24, 2.45) is 0 Å². The van der Waals surface area contributed by atoms with Crippen molar-refractivity contribution < 1.29 is 28.6 Å². The number of pyridine rings is 2. The van der Waals surface area contributed by atoms with Gasteiger partial charge in [0, 0.05) is 52.6 Å². The molecule has 4 aromatic heterocycles. The van der Waals surface area contributed by atoms with Crippen LogP contribution in [0.1, 0.15) is 97.9 Å². The maximum absolute atomic E-state index is 7.38. The zero-order valence-electron chi connectivity index (χ0n) is 45.5. The summed E-state index contributed by atoms with van der Waals surface area (Å²) in [5, 5.41) is 3.48. The average molecular weight is 1120 g/mol. The number of aromatic nitrogens is 4. The average Bonchev–Trinajstić information content (AvgIpc) is 3.91. The number of hydrogen-bond acceptors (Lipinski definition) is 4. The van der Waals surface area contributed by atoms with E-state index in [0.717, 1.165) is 72.4 Å². The van der Waals surface area contributed by atoms with Gasteiger partial charge in [0.05, 0.1) is 36.7 Å². The molecular weight excluding hydrogens is 1050 g/mol. The van der Waals surface area contributed by atoms with Gasteiger partial charge in [0.2, 0.25) is 0 Å². The van der Waals surface area contributed by atoms with Gasteiger partial charge in [0.1, 0.15) is 5.58 Å². The van der Waals surface area contributed by atoms with Crippen LogP contribution in [-0.4, -0.2) is 27.6 Å². The number of rotatable bonds is 8. The Morgan fingerprint density at radius 3 is 1.94 bits per heavy atom. The third-order valence-electron chi connectivity index (χ3n) is 13.1. The number of aryl methyl sites for hydroxylation is 3. The number of nitrogens with zero attached hydrogens (tertiary/aromatic N) is 4. The van der Waals surface area contributed by atoms with Crippen molar-refractivity contribution >= 4 is 46.2 Å². The van der Waals surface area contributed by atoms with E-state index in [2.05, 4.69) is 201 Å². The van der Waals surface area contributed by atoms with Gasteiger partial charge in [-0.05, 0) is 82.1 Å². The third-order valence-corrected chi connectivity index (χ3v) is 15.2. The SMILES string of the molecule is Cc1cc(C(C)C)c(-n2c(-c3[c-]ccc4c3oc3cc(-c5ccc(-c6ccccc6)cc5)ccc34)nc3cnc(C(C)(C)C)cc32)c(C(C)C)c1.[2H]C([2H])([2H])c1c[c-]c(-c2cc(C)c([Si](C)(C)C)cn2)cc1.[Ir]. The normalized spacial score (nSPS) is 12.7. The molecule has 0 aliphatic heterocycles. The largest absolute Gasteiger partial charge is 0.501 e. The van der Waals surface area contributed by atoms with Crippen LogP contribution in [-0.2, 0) is 25.5 Å². The van der Waals surface area contributed by atoms with E-state index in [-0.39, 0.29) is 25.5 Å². The monoisotopic (exact) mass is 1120 g/mol. The summed E-state index contributed by atoms with van der Waals surface area (Å²) in [6.45, 7) is 24.9. The van der Waals surface area contributed by atoms with Crippen LogP contribution in [0.15, 0.2) is 144 Å². The number of benzene rings is 6. The van der Waals surface area contributed by atoms with Crippen molar-refractivity contribution in [1.29, 1.82) is 0 Å². The number of furan rings is 1. The van der Waals surface area contributed by atoms with E-state index in [1.165, 1.54) is 50.3 Å². The Hall–Kier alpha value is -6.24. The Bertz CT molecular complexity index is 3570. The summed E-state index contributed by atoms with van der Waals surface area (Å²) in [5.41, 5.74) is 18.2. The molecule has 0 atom stereocenters. The molecule has 357 valence electrons. The summed E-state index contributed by atoms with van der Waals surface area (Å²) in [6.07, 6.45) is 3.89. The van der Waals surface area contributed by atoms with E-state index in [4.69, 9.17) is 18.5 Å². The van der Waals surface area contributed by atoms with Gasteiger partial charge < -0.3 is 14.0 Å². The molecule has 6 aromatic carbocycles. The van der Waals surface area contributed by atoms with Crippen molar-refractivity contribution in [3.05, 3.63) is 185 Å². The third kappa shape index (κ3) is 10.0. The summed E-state index contributed by atoms with van der Waals surface area (Å²) in [5.74, 6) is 1.42. The van der Waals surface area contributed by atoms with Crippen molar-refractivity contribution in [2.45, 2.75) is 106 Å². The smallest absolute Gasteiger partial charge is 0.121 e. The molecule has 0 fully saturated rings. The summed E-state index contributed by atoms with van der Waals surface area (Å²) in [7, 11) is -1.38. The molecule has 0 unspecified atom stereocenters. The van der Waals surface area contributed by atoms with E-state index in [0.29, 0.717) is 17.4 Å². The molecule has 0 saturated heterocycles. The molecule has 0 aliphatic rings. The first-order valence-corrected chi connectivity index (χ1v) is 27.6. The minimum atomic E-state index is -2.08. The Morgan fingerprint density at radius 2 is 1.34 bits per heavy atom. The Labute approximate surface area is 434 Å². The van der Waals surface area contributed by atoms with E-state index >= 15 is 0 Å². The topological polar surface area (TPSA) is 56.7 Å². The van der Waals surface area contributed by atoms with E-state index in [1.807, 2.05) is 24.5 Å². The van der Waals surface area contributed by atoms with Crippen LogP contribution >= 0.6 is 0 Å². The number of fused-ring (bicyclic) bond motifs is 4. The summed E-state index contributed by atoms with van der Waals surface area (Å²) < 4.78 is 31.3. The van der Waals surface area contributed by atoms with Gasteiger partial charge in [-0.2, -0.15) is 0 Å². The van der Waals surface area contributed by atoms with Crippen LogP contribution < -0.4 is 5.19 Å². The molecule has 10 aromatic rings. The first-order valence-electron chi connectivity index (χ1n) is 25.6. The minimum Gasteiger partial charge on any atom is -0.501 e. The second kappa shape index (κ2) is 19.9. The van der Waals surface area contributed by atoms with Crippen LogP contribution in [0, 0.1) is 32.8 Å². The molecule has 0 amide bonds. The molecule has 7 heteroatoms. The minimum absolute atomic E-state index is 0. The van der Waals surface area contributed by atoms with Crippen LogP contribution in [0.25, 0.3) is 83.6 Å². The summed E-state index contributed by atoms with van der Waals surface area (Å²) >= 11 is 0. The van der Waals surface area contributed by atoms with Gasteiger partial charge in [0.15, 0.2) is 0 Å². The molecule has 0 spiro atoms. The van der Waals surface area contributed by atoms with Crippen LogP contribution in [0.2, 0.25) is 19.6 Å². The fourth-order valence-electron chi connectivity index (χ4n) is 9.40. The van der Waals surface area contributed by atoms with Crippen LogP contribution in [0.5, 0.6) is 0 Å². The summed E-state index contributed by atoms with van der Waals surface area (Å²) in [4.78, 5) is 14.8. The number of imidazole rings is 1. The van der Waals surface area contributed by atoms with Gasteiger partial charge in [-0.1, -0.05) is 182 Å². The van der Waals surface area contributed by atoms with Crippen molar-refractivity contribution in [3.8, 4) is 50.6 Å². The quantitative estimate of drug-likeness (QED) is 0.112. The molecular formula is C63H64IrN4OSi-2. The van der Waals surface area contributed by atoms with Crippen LogP contribution in [0.3, 0.4) is 0 Å².